The third-order valence-electron chi connectivity index (χ3n) is 3.33. The molecule has 19 heavy (non-hydrogen) atoms. The lowest BCUT2D eigenvalue weighted by molar-refractivity contribution is 0.967. The smallest absolute Gasteiger partial charge is 0.0602 e. The number of hydrogen-bond acceptors (Lipinski definition) is 2. The van der Waals surface area contributed by atoms with Crippen molar-refractivity contribution >= 4 is 22.3 Å². The van der Waals surface area contributed by atoms with E-state index in [2.05, 4.69) is 53.5 Å². The van der Waals surface area contributed by atoms with Crippen LogP contribution in [0.2, 0.25) is 0 Å². The van der Waals surface area contributed by atoms with Gasteiger partial charge in [-0.2, -0.15) is 0 Å². The van der Waals surface area contributed by atoms with E-state index < -0.39 is 0 Å². The van der Waals surface area contributed by atoms with Crippen molar-refractivity contribution in [1.82, 2.24) is 4.57 Å². The first kappa shape index (κ1) is 11.7. The van der Waals surface area contributed by atoms with Crippen LogP contribution in [-0.2, 0) is 13.6 Å². The van der Waals surface area contributed by atoms with E-state index in [1.807, 2.05) is 18.2 Å². The van der Waals surface area contributed by atoms with E-state index in [1.165, 1.54) is 16.5 Å². The second-order valence-electron chi connectivity index (χ2n) is 4.77. The summed E-state index contributed by atoms with van der Waals surface area (Å²) in [6, 6.07) is 16.3. The average Bonchev–Trinajstić information content (AvgIpc) is 2.74. The zero-order valence-electron chi connectivity index (χ0n) is 10.9. The molecular formula is C16H17N3. The molecule has 3 aromatic rings. The molecule has 0 aliphatic rings. The molecule has 0 unspecified atom stereocenters. The predicted molar refractivity (Wildman–Crippen MR) is 81.1 cm³/mol. The number of aromatic nitrogens is 1. The van der Waals surface area contributed by atoms with Crippen molar-refractivity contribution in [2.75, 3.05) is 11.1 Å². The number of nitrogen functional groups attached to an aromatic ring is 1. The number of nitrogens with zero attached hydrogens (tertiary/aromatic N) is 1. The topological polar surface area (TPSA) is 43.0 Å². The molecule has 1 heterocycles. The normalized spacial score (nSPS) is 10.8. The quantitative estimate of drug-likeness (QED) is 0.701. The molecule has 1 aromatic heterocycles. The number of anilines is 2. The molecule has 0 fully saturated rings. The molecule has 0 spiro atoms. The van der Waals surface area contributed by atoms with Gasteiger partial charge in [0.15, 0.2) is 0 Å². The number of aryl methyl sites for hydroxylation is 1. The van der Waals surface area contributed by atoms with Crippen molar-refractivity contribution in [3.05, 3.63) is 60.3 Å². The van der Waals surface area contributed by atoms with Crippen LogP contribution in [0.5, 0.6) is 0 Å². The van der Waals surface area contributed by atoms with Gasteiger partial charge < -0.3 is 15.6 Å². The second kappa shape index (κ2) is 4.69. The van der Waals surface area contributed by atoms with Crippen LogP contribution < -0.4 is 11.1 Å². The summed E-state index contributed by atoms with van der Waals surface area (Å²) in [6.07, 6.45) is 2.12. The summed E-state index contributed by atoms with van der Waals surface area (Å²) in [6.45, 7) is 0.777. The van der Waals surface area contributed by atoms with Gasteiger partial charge in [0.2, 0.25) is 0 Å². The van der Waals surface area contributed by atoms with Gasteiger partial charge in [-0.25, -0.2) is 0 Å². The van der Waals surface area contributed by atoms with Crippen molar-refractivity contribution in [2.24, 2.45) is 7.05 Å². The first-order valence-electron chi connectivity index (χ1n) is 6.36. The highest BCUT2D eigenvalue weighted by Gasteiger charge is 2.05. The molecule has 0 bridgehead atoms. The third-order valence-corrected chi connectivity index (χ3v) is 3.33. The van der Waals surface area contributed by atoms with Crippen LogP contribution in [0.25, 0.3) is 10.9 Å². The van der Waals surface area contributed by atoms with E-state index in [9.17, 15) is 0 Å². The Morgan fingerprint density at radius 2 is 1.95 bits per heavy atom. The van der Waals surface area contributed by atoms with Crippen LogP contribution in [0.15, 0.2) is 54.7 Å². The highest BCUT2D eigenvalue weighted by atomic mass is 15.0. The van der Waals surface area contributed by atoms with E-state index >= 15 is 0 Å². The predicted octanol–water partition coefficient (Wildman–Crippen LogP) is 3.37. The Morgan fingerprint density at radius 1 is 1.11 bits per heavy atom. The van der Waals surface area contributed by atoms with Gasteiger partial charge in [0.25, 0.3) is 0 Å². The third kappa shape index (κ3) is 2.27. The monoisotopic (exact) mass is 251 g/mol. The number of benzene rings is 2. The molecule has 3 rings (SSSR count). The lowest BCUT2D eigenvalue weighted by Crippen LogP contribution is -1.99. The Hall–Kier alpha value is -2.42. The van der Waals surface area contributed by atoms with Crippen LogP contribution in [0.1, 0.15) is 5.56 Å². The SMILES string of the molecule is Cn1cc(NCc2cccc(N)c2)c2ccccc21. The fraction of sp³-hybridized carbons (Fsp3) is 0.125. The maximum atomic E-state index is 5.79. The van der Waals surface area contributed by atoms with Crippen molar-refractivity contribution in [3.63, 3.8) is 0 Å². The van der Waals surface area contributed by atoms with Gasteiger partial charge in [-0.15, -0.1) is 0 Å². The molecule has 2 aromatic carbocycles. The van der Waals surface area contributed by atoms with Gasteiger partial charge in [-0.1, -0.05) is 30.3 Å². The maximum Gasteiger partial charge on any atom is 0.0602 e. The summed E-state index contributed by atoms with van der Waals surface area (Å²) in [7, 11) is 2.06. The Bertz CT molecular complexity index is 713. The molecule has 0 atom stereocenters. The molecule has 0 amide bonds. The Balaban J connectivity index is 1.86. The van der Waals surface area contributed by atoms with Gasteiger partial charge in [-0.05, 0) is 23.8 Å². The van der Waals surface area contributed by atoms with Crippen molar-refractivity contribution < 1.29 is 0 Å². The highest BCUT2D eigenvalue weighted by Crippen LogP contribution is 2.25. The number of rotatable bonds is 3. The number of nitrogens with one attached hydrogen (secondary N) is 1. The Kier molecular flexibility index (Phi) is 2.88. The second-order valence-corrected chi connectivity index (χ2v) is 4.77. The molecular weight excluding hydrogens is 234 g/mol. The van der Waals surface area contributed by atoms with E-state index in [-0.39, 0.29) is 0 Å². The van der Waals surface area contributed by atoms with Gasteiger partial charge in [0.1, 0.15) is 0 Å². The van der Waals surface area contributed by atoms with Crippen LogP contribution in [0, 0.1) is 0 Å². The van der Waals surface area contributed by atoms with Crippen molar-refractivity contribution in [2.45, 2.75) is 6.54 Å². The Labute approximate surface area is 112 Å². The number of hydrogen-bond donors (Lipinski definition) is 2. The van der Waals surface area contributed by atoms with Crippen LogP contribution in [0.3, 0.4) is 0 Å². The maximum absolute atomic E-state index is 5.79. The molecule has 96 valence electrons. The molecule has 0 radical (unpaired) electrons. The lowest BCUT2D eigenvalue weighted by Gasteiger charge is -2.05. The van der Waals surface area contributed by atoms with Gasteiger partial charge in [0.05, 0.1) is 5.69 Å². The minimum Gasteiger partial charge on any atom is -0.399 e. The van der Waals surface area contributed by atoms with Gasteiger partial charge in [-0.3, -0.25) is 0 Å². The van der Waals surface area contributed by atoms with Gasteiger partial charge in [0, 0.05) is 36.4 Å². The summed E-state index contributed by atoms with van der Waals surface area (Å²) < 4.78 is 2.14. The van der Waals surface area contributed by atoms with E-state index in [4.69, 9.17) is 5.73 Å². The van der Waals surface area contributed by atoms with Crippen LogP contribution >= 0.6 is 0 Å². The molecule has 3 nitrogen and oxygen atoms in total. The van der Waals surface area contributed by atoms with E-state index in [0.717, 1.165) is 17.9 Å². The molecule has 3 N–H and O–H groups in total. The first-order valence-corrected chi connectivity index (χ1v) is 6.36. The number of fused-ring (bicyclic) bond motifs is 1. The average molecular weight is 251 g/mol. The van der Waals surface area contributed by atoms with Crippen LogP contribution in [0.4, 0.5) is 11.4 Å². The van der Waals surface area contributed by atoms with Crippen molar-refractivity contribution in [3.8, 4) is 0 Å². The largest absolute Gasteiger partial charge is 0.399 e. The zero-order chi connectivity index (χ0) is 13.2. The summed E-state index contributed by atoms with van der Waals surface area (Å²) in [5.41, 5.74) is 10.2. The molecule has 0 aliphatic heterocycles. The van der Waals surface area contributed by atoms with E-state index in [1.54, 1.807) is 0 Å². The highest BCUT2D eigenvalue weighted by molar-refractivity contribution is 5.92. The number of para-hydroxylation sites is 1. The van der Waals surface area contributed by atoms with Crippen molar-refractivity contribution in [1.29, 1.82) is 0 Å². The standard InChI is InChI=1S/C16H17N3/c1-19-11-15(14-7-2-3-8-16(14)19)18-10-12-5-4-6-13(17)9-12/h2-9,11,18H,10,17H2,1H3. The summed E-state index contributed by atoms with van der Waals surface area (Å²) >= 11 is 0. The Morgan fingerprint density at radius 3 is 2.79 bits per heavy atom. The van der Waals surface area contributed by atoms with E-state index in [0.29, 0.717) is 0 Å². The minimum absolute atomic E-state index is 0.777. The summed E-state index contributed by atoms with van der Waals surface area (Å²) in [5.74, 6) is 0. The number of nitrogens with two attached hydrogens (primary N) is 1. The molecule has 0 aliphatic carbocycles. The fourth-order valence-corrected chi connectivity index (χ4v) is 2.38. The molecule has 0 saturated carbocycles. The summed E-state index contributed by atoms with van der Waals surface area (Å²) in [5, 5.41) is 4.72. The molecule has 3 heteroatoms. The minimum atomic E-state index is 0.777. The lowest BCUT2D eigenvalue weighted by atomic mass is 10.2. The zero-order valence-corrected chi connectivity index (χ0v) is 10.9. The van der Waals surface area contributed by atoms with Crippen LogP contribution in [-0.4, -0.2) is 4.57 Å². The summed E-state index contributed by atoms with van der Waals surface area (Å²) in [4.78, 5) is 0. The molecule has 0 saturated heterocycles. The first-order chi connectivity index (χ1) is 9.24. The fourth-order valence-electron chi connectivity index (χ4n) is 2.38. The van der Waals surface area contributed by atoms with Gasteiger partial charge >= 0.3 is 0 Å².